The normalized spacial score (nSPS) is 28.4. The standard InChI is InChI=1S/C19H28O4/c1-13-16(12-11-15-9-7-6-8-10-15)22-18(19(3,4)5)23-17(13)21-14(2)20/h6-10,13,16-18H,11-12H2,1-5H3/t13-,16+,17?,18+/m1/s1. The fraction of sp³-hybridized carbons (Fsp3) is 0.632. The Balaban J connectivity index is 2.07. The van der Waals surface area contributed by atoms with Gasteiger partial charge in [-0.2, -0.15) is 0 Å². The molecule has 4 nitrogen and oxygen atoms in total. The van der Waals surface area contributed by atoms with Gasteiger partial charge in [0.1, 0.15) is 0 Å². The first-order valence-corrected chi connectivity index (χ1v) is 8.29. The Kier molecular flexibility index (Phi) is 5.82. The molecule has 0 aromatic heterocycles. The summed E-state index contributed by atoms with van der Waals surface area (Å²) in [6.07, 6.45) is 0.867. The first kappa shape index (κ1) is 18.0. The number of esters is 1. The average molecular weight is 320 g/mol. The lowest BCUT2D eigenvalue weighted by molar-refractivity contribution is -0.345. The van der Waals surface area contributed by atoms with Crippen molar-refractivity contribution in [2.45, 2.75) is 66.1 Å². The molecule has 1 aromatic rings. The van der Waals surface area contributed by atoms with Gasteiger partial charge in [-0.3, -0.25) is 4.79 Å². The second kappa shape index (κ2) is 7.45. The summed E-state index contributed by atoms with van der Waals surface area (Å²) >= 11 is 0. The Labute approximate surface area is 139 Å². The number of aryl methyl sites for hydroxylation is 1. The van der Waals surface area contributed by atoms with Crippen LogP contribution in [0.25, 0.3) is 0 Å². The van der Waals surface area contributed by atoms with E-state index in [4.69, 9.17) is 14.2 Å². The highest BCUT2D eigenvalue weighted by molar-refractivity contribution is 5.66. The van der Waals surface area contributed by atoms with Crippen LogP contribution in [0.1, 0.15) is 46.6 Å². The van der Waals surface area contributed by atoms with Crippen molar-refractivity contribution >= 4 is 5.97 Å². The molecule has 0 aliphatic carbocycles. The van der Waals surface area contributed by atoms with Crippen LogP contribution in [0.2, 0.25) is 0 Å². The van der Waals surface area contributed by atoms with E-state index in [2.05, 4.69) is 32.9 Å². The van der Waals surface area contributed by atoms with Gasteiger partial charge in [-0.25, -0.2) is 0 Å². The number of hydrogen-bond donors (Lipinski definition) is 0. The molecule has 128 valence electrons. The summed E-state index contributed by atoms with van der Waals surface area (Å²) in [4.78, 5) is 11.4. The van der Waals surface area contributed by atoms with E-state index >= 15 is 0 Å². The van der Waals surface area contributed by atoms with Crippen molar-refractivity contribution in [1.29, 1.82) is 0 Å². The molecule has 0 radical (unpaired) electrons. The Morgan fingerprint density at radius 2 is 1.83 bits per heavy atom. The van der Waals surface area contributed by atoms with Crippen LogP contribution in [0.5, 0.6) is 0 Å². The predicted octanol–water partition coefficient (Wildman–Crippen LogP) is 3.93. The summed E-state index contributed by atoms with van der Waals surface area (Å²) in [5.41, 5.74) is 1.11. The molecule has 0 spiro atoms. The van der Waals surface area contributed by atoms with Gasteiger partial charge in [0.25, 0.3) is 0 Å². The molecule has 0 amide bonds. The van der Waals surface area contributed by atoms with Gasteiger partial charge in [0, 0.05) is 18.3 Å². The Hall–Kier alpha value is -1.39. The lowest BCUT2D eigenvalue weighted by Gasteiger charge is -2.44. The van der Waals surface area contributed by atoms with Crippen LogP contribution >= 0.6 is 0 Å². The van der Waals surface area contributed by atoms with E-state index < -0.39 is 6.29 Å². The number of hydrogen-bond acceptors (Lipinski definition) is 4. The lowest BCUT2D eigenvalue weighted by atomic mass is 9.91. The van der Waals surface area contributed by atoms with Crippen molar-refractivity contribution in [3.63, 3.8) is 0 Å². The second-order valence-electron chi connectivity index (χ2n) is 7.37. The number of carbonyl (C=O) groups is 1. The smallest absolute Gasteiger partial charge is 0.304 e. The summed E-state index contributed by atoms with van der Waals surface area (Å²) < 4.78 is 17.4. The molecule has 1 aromatic carbocycles. The maximum atomic E-state index is 11.4. The van der Waals surface area contributed by atoms with Gasteiger partial charge in [-0.05, 0) is 18.4 Å². The first-order chi connectivity index (χ1) is 10.8. The van der Waals surface area contributed by atoms with E-state index in [1.165, 1.54) is 12.5 Å². The molecule has 4 atom stereocenters. The largest absolute Gasteiger partial charge is 0.435 e. The predicted molar refractivity (Wildman–Crippen MR) is 88.7 cm³/mol. The fourth-order valence-corrected chi connectivity index (χ4v) is 2.73. The molecular formula is C19H28O4. The molecule has 4 heteroatoms. The van der Waals surface area contributed by atoms with Crippen LogP contribution in [0.15, 0.2) is 30.3 Å². The lowest BCUT2D eigenvalue weighted by Crippen LogP contribution is -2.51. The molecule has 1 heterocycles. The maximum absolute atomic E-state index is 11.4. The monoisotopic (exact) mass is 320 g/mol. The summed E-state index contributed by atoms with van der Waals surface area (Å²) in [6.45, 7) is 9.62. The topological polar surface area (TPSA) is 44.8 Å². The van der Waals surface area contributed by atoms with Crippen LogP contribution in [-0.4, -0.2) is 24.7 Å². The molecule has 1 aliphatic rings. The van der Waals surface area contributed by atoms with E-state index in [1.807, 2.05) is 25.1 Å². The van der Waals surface area contributed by atoms with Crippen molar-refractivity contribution in [3.05, 3.63) is 35.9 Å². The van der Waals surface area contributed by atoms with Crippen LogP contribution < -0.4 is 0 Å². The third-order valence-corrected chi connectivity index (χ3v) is 4.12. The van der Waals surface area contributed by atoms with Gasteiger partial charge in [-0.15, -0.1) is 0 Å². The first-order valence-electron chi connectivity index (χ1n) is 8.29. The van der Waals surface area contributed by atoms with Gasteiger partial charge in [0.2, 0.25) is 6.29 Å². The molecule has 2 rings (SSSR count). The molecule has 1 saturated heterocycles. The van der Waals surface area contributed by atoms with Crippen molar-refractivity contribution < 1.29 is 19.0 Å². The molecule has 1 unspecified atom stereocenters. The third kappa shape index (κ3) is 5.05. The van der Waals surface area contributed by atoms with E-state index in [0.29, 0.717) is 0 Å². The Morgan fingerprint density at radius 3 is 2.39 bits per heavy atom. The summed E-state index contributed by atoms with van der Waals surface area (Å²) in [5.74, 6) is -0.320. The van der Waals surface area contributed by atoms with E-state index in [0.717, 1.165) is 12.8 Å². The number of ether oxygens (including phenoxy) is 3. The van der Waals surface area contributed by atoms with Crippen LogP contribution in [0.4, 0.5) is 0 Å². The zero-order valence-corrected chi connectivity index (χ0v) is 14.7. The molecule has 0 bridgehead atoms. The van der Waals surface area contributed by atoms with Crippen molar-refractivity contribution in [1.82, 2.24) is 0 Å². The molecule has 0 saturated carbocycles. The molecule has 1 aliphatic heterocycles. The fourth-order valence-electron chi connectivity index (χ4n) is 2.73. The maximum Gasteiger partial charge on any atom is 0.304 e. The number of carbonyl (C=O) groups excluding carboxylic acids is 1. The highest BCUT2D eigenvalue weighted by Gasteiger charge is 2.42. The minimum atomic E-state index is -0.550. The summed E-state index contributed by atoms with van der Waals surface area (Å²) in [7, 11) is 0. The minimum Gasteiger partial charge on any atom is -0.435 e. The van der Waals surface area contributed by atoms with Gasteiger partial charge >= 0.3 is 5.97 Å². The van der Waals surface area contributed by atoms with E-state index in [9.17, 15) is 4.79 Å². The van der Waals surface area contributed by atoms with E-state index in [-0.39, 0.29) is 29.7 Å². The third-order valence-electron chi connectivity index (χ3n) is 4.12. The van der Waals surface area contributed by atoms with E-state index in [1.54, 1.807) is 0 Å². The van der Waals surface area contributed by atoms with Crippen LogP contribution in [-0.2, 0) is 25.4 Å². The highest BCUT2D eigenvalue weighted by atomic mass is 16.8. The van der Waals surface area contributed by atoms with Crippen molar-refractivity contribution in [3.8, 4) is 0 Å². The summed E-state index contributed by atoms with van der Waals surface area (Å²) in [6, 6.07) is 10.3. The second-order valence-corrected chi connectivity index (χ2v) is 7.37. The molecule has 0 N–H and O–H groups in total. The summed E-state index contributed by atoms with van der Waals surface area (Å²) in [5, 5.41) is 0. The Morgan fingerprint density at radius 1 is 1.17 bits per heavy atom. The zero-order valence-electron chi connectivity index (χ0n) is 14.7. The highest BCUT2D eigenvalue weighted by Crippen LogP contribution is 2.35. The SMILES string of the molecule is CC(=O)OC1O[C@@H](C(C)(C)C)O[C@@H](CCc2ccccc2)[C@H]1C. The van der Waals surface area contributed by atoms with Crippen LogP contribution in [0, 0.1) is 11.3 Å². The number of rotatable bonds is 4. The van der Waals surface area contributed by atoms with Gasteiger partial charge in [0.15, 0.2) is 6.29 Å². The number of benzene rings is 1. The van der Waals surface area contributed by atoms with Crippen molar-refractivity contribution in [2.24, 2.45) is 11.3 Å². The van der Waals surface area contributed by atoms with Crippen molar-refractivity contribution in [2.75, 3.05) is 0 Å². The molecule has 23 heavy (non-hydrogen) atoms. The molecule has 1 fully saturated rings. The van der Waals surface area contributed by atoms with Gasteiger partial charge < -0.3 is 14.2 Å². The van der Waals surface area contributed by atoms with Gasteiger partial charge in [-0.1, -0.05) is 58.0 Å². The van der Waals surface area contributed by atoms with Gasteiger partial charge in [0.05, 0.1) is 6.10 Å². The minimum absolute atomic E-state index is 0.00112. The average Bonchev–Trinajstić information content (AvgIpc) is 2.47. The van der Waals surface area contributed by atoms with Crippen LogP contribution in [0.3, 0.4) is 0 Å². The quantitative estimate of drug-likeness (QED) is 0.789. The molecular weight excluding hydrogens is 292 g/mol. The zero-order chi connectivity index (χ0) is 17.0. The Bertz CT molecular complexity index is 506.